The molecule has 0 radical (unpaired) electrons. The monoisotopic (exact) mass is 378 g/mol. The van der Waals surface area contributed by atoms with Crippen molar-refractivity contribution in [1.29, 1.82) is 0 Å². The van der Waals surface area contributed by atoms with Crippen LogP contribution in [0, 0.1) is 5.92 Å². The highest BCUT2D eigenvalue weighted by Crippen LogP contribution is 2.19. The smallest absolute Gasteiger partial charge is 0.309 e. The van der Waals surface area contributed by atoms with Gasteiger partial charge < -0.3 is 19.5 Å². The van der Waals surface area contributed by atoms with Crippen molar-refractivity contribution in [3.63, 3.8) is 0 Å². The van der Waals surface area contributed by atoms with Crippen LogP contribution in [0.1, 0.15) is 26.7 Å². The molecule has 1 fully saturated rings. The molecular formula is C20H30N2O5. The Morgan fingerprint density at radius 2 is 1.78 bits per heavy atom. The zero-order valence-corrected chi connectivity index (χ0v) is 16.2. The Labute approximate surface area is 161 Å². The zero-order chi connectivity index (χ0) is 19.5. The van der Waals surface area contributed by atoms with Gasteiger partial charge in [-0.1, -0.05) is 0 Å². The van der Waals surface area contributed by atoms with Gasteiger partial charge in [-0.05, 0) is 64.0 Å². The van der Waals surface area contributed by atoms with Gasteiger partial charge in [0, 0.05) is 12.3 Å². The second-order valence-electron chi connectivity index (χ2n) is 6.42. The van der Waals surface area contributed by atoms with Crippen LogP contribution in [-0.2, 0) is 19.1 Å². The summed E-state index contributed by atoms with van der Waals surface area (Å²) in [5.41, 5.74) is 0.735. The number of nitrogens with one attached hydrogen (secondary N) is 1. The van der Waals surface area contributed by atoms with Crippen molar-refractivity contribution in [3.05, 3.63) is 24.3 Å². The Kier molecular flexibility index (Phi) is 9.07. The lowest BCUT2D eigenvalue weighted by Crippen LogP contribution is -2.41. The predicted molar refractivity (Wildman–Crippen MR) is 103 cm³/mol. The molecule has 1 aromatic rings. The molecular weight excluding hydrogens is 348 g/mol. The van der Waals surface area contributed by atoms with E-state index in [0.717, 1.165) is 37.4 Å². The van der Waals surface area contributed by atoms with Crippen molar-refractivity contribution in [1.82, 2.24) is 4.90 Å². The van der Waals surface area contributed by atoms with Crippen LogP contribution in [-0.4, -0.2) is 62.8 Å². The van der Waals surface area contributed by atoms with Crippen molar-refractivity contribution in [3.8, 4) is 5.75 Å². The van der Waals surface area contributed by atoms with Crippen molar-refractivity contribution in [2.75, 3.05) is 51.4 Å². The van der Waals surface area contributed by atoms with Gasteiger partial charge in [-0.15, -0.1) is 0 Å². The number of hydrogen-bond donors (Lipinski definition) is 1. The molecule has 1 N–H and O–H groups in total. The lowest BCUT2D eigenvalue weighted by molar-refractivity contribution is -0.149. The quantitative estimate of drug-likeness (QED) is 0.497. The van der Waals surface area contributed by atoms with Crippen LogP contribution in [0.4, 0.5) is 5.69 Å². The summed E-state index contributed by atoms with van der Waals surface area (Å²) in [4.78, 5) is 26.1. The molecule has 0 aromatic heterocycles. The summed E-state index contributed by atoms with van der Waals surface area (Å²) in [7, 11) is 0. The highest BCUT2D eigenvalue weighted by atomic mass is 16.5. The molecule has 0 atom stereocenters. The van der Waals surface area contributed by atoms with E-state index in [0.29, 0.717) is 33.0 Å². The number of hydrogen-bond acceptors (Lipinski definition) is 6. The Morgan fingerprint density at radius 1 is 1.07 bits per heavy atom. The second-order valence-corrected chi connectivity index (χ2v) is 6.42. The summed E-state index contributed by atoms with van der Waals surface area (Å²) in [6, 6.07) is 7.29. The van der Waals surface area contributed by atoms with Crippen LogP contribution in [0.3, 0.4) is 0 Å². The maximum absolute atomic E-state index is 12.2. The number of nitrogens with zero attached hydrogens (tertiary/aromatic N) is 1. The summed E-state index contributed by atoms with van der Waals surface area (Å²) in [5, 5.41) is 2.89. The SMILES string of the molecule is CCOCCOc1ccc(NC(=O)CN2CCC(C(=O)OCC)CC2)cc1. The summed E-state index contributed by atoms with van der Waals surface area (Å²) < 4.78 is 15.8. The number of carbonyl (C=O) groups is 2. The molecule has 27 heavy (non-hydrogen) atoms. The predicted octanol–water partition coefficient (Wildman–Crippen LogP) is 2.32. The highest BCUT2D eigenvalue weighted by Gasteiger charge is 2.26. The van der Waals surface area contributed by atoms with Crippen LogP contribution in [0.2, 0.25) is 0 Å². The summed E-state index contributed by atoms with van der Waals surface area (Å²) in [6.07, 6.45) is 1.47. The van der Waals surface area contributed by atoms with E-state index in [1.807, 2.05) is 38.1 Å². The second kappa shape index (κ2) is 11.6. The zero-order valence-electron chi connectivity index (χ0n) is 16.2. The molecule has 1 heterocycles. The molecule has 0 aliphatic carbocycles. The molecule has 1 aliphatic rings. The van der Waals surface area contributed by atoms with E-state index in [-0.39, 0.29) is 17.8 Å². The lowest BCUT2D eigenvalue weighted by atomic mass is 9.97. The molecule has 150 valence electrons. The van der Waals surface area contributed by atoms with Gasteiger partial charge in [0.05, 0.1) is 25.7 Å². The Balaban J connectivity index is 1.69. The van der Waals surface area contributed by atoms with Crippen LogP contribution >= 0.6 is 0 Å². The van der Waals surface area contributed by atoms with Crippen molar-refractivity contribution in [2.24, 2.45) is 5.92 Å². The van der Waals surface area contributed by atoms with E-state index in [2.05, 4.69) is 10.2 Å². The minimum atomic E-state index is -0.120. The number of amides is 1. The Morgan fingerprint density at radius 3 is 2.41 bits per heavy atom. The molecule has 2 rings (SSSR count). The number of likely N-dealkylation sites (tertiary alicyclic amines) is 1. The fourth-order valence-corrected chi connectivity index (χ4v) is 2.99. The molecule has 0 bridgehead atoms. The number of benzene rings is 1. The van der Waals surface area contributed by atoms with Crippen molar-refractivity contribution in [2.45, 2.75) is 26.7 Å². The van der Waals surface area contributed by atoms with Crippen LogP contribution in [0.25, 0.3) is 0 Å². The van der Waals surface area contributed by atoms with Gasteiger partial charge in [-0.2, -0.15) is 0 Å². The van der Waals surface area contributed by atoms with E-state index < -0.39 is 0 Å². The van der Waals surface area contributed by atoms with Gasteiger partial charge in [0.15, 0.2) is 0 Å². The van der Waals surface area contributed by atoms with Gasteiger partial charge in [0.1, 0.15) is 12.4 Å². The van der Waals surface area contributed by atoms with Gasteiger partial charge >= 0.3 is 5.97 Å². The highest BCUT2D eigenvalue weighted by molar-refractivity contribution is 5.92. The average molecular weight is 378 g/mol. The third-order valence-corrected chi connectivity index (χ3v) is 4.41. The number of ether oxygens (including phenoxy) is 3. The molecule has 0 spiro atoms. The van der Waals surface area contributed by atoms with Crippen LogP contribution in [0.5, 0.6) is 5.75 Å². The first-order chi connectivity index (χ1) is 13.1. The largest absolute Gasteiger partial charge is 0.491 e. The van der Waals surface area contributed by atoms with Gasteiger partial charge in [-0.25, -0.2) is 0 Å². The average Bonchev–Trinajstić information content (AvgIpc) is 2.67. The van der Waals surface area contributed by atoms with E-state index in [4.69, 9.17) is 14.2 Å². The molecule has 7 nitrogen and oxygen atoms in total. The number of esters is 1. The van der Waals surface area contributed by atoms with E-state index in [1.165, 1.54) is 0 Å². The van der Waals surface area contributed by atoms with Gasteiger partial charge in [0.25, 0.3) is 0 Å². The topological polar surface area (TPSA) is 77.1 Å². The summed E-state index contributed by atoms with van der Waals surface area (Å²) in [6.45, 7) is 7.68. The van der Waals surface area contributed by atoms with Gasteiger partial charge in [-0.3, -0.25) is 14.5 Å². The molecule has 1 aromatic carbocycles. The third kappa shape index (κ3) is 7.56. The van der Waals surface area contributed by atoms with Crippen molar-refractivity contribution < 1.29 is 23.8 Å². The van der Waals surface area contributed by atoms with E-state index >= 15 is 0 Å². The maximum atomic E-state index is 12.2. The number of rotatable bonds is 10. The molecule has 7 heteroatoms. The van der Waals surface area contributed by atoms with Crippen LogP contribution < -0.4 is 10.1 Å². The summed E-state index contributed by atoms with van der Waals surface area (Å²) >= 11 is 0. The summed E-state index contributed by atoms with van der Waals surface area (Å²) in [5.74, 6) is 0.521. The standard InChI is InChI=1S/C20H30N2O5/c1-3-25-13-14-27-18-7-5-17(6-8-18)21-19(23)15-22-11-9-16(10-12-22)20(24)26-4-2/h5-8,16H,3-4,9-15H2,1-2H3,(H,21,23). The fraction of sp³-hybridized carbons (Fsp3) is 0.600. The third-order valence-electron chi connectivity index (χ3n) is 4.41. The van der Waals surface area contributed by atoms with Crippen LogP contribution in [0.15, 0.2) is 24.3 Å². The van der Waals surface area contributed by atoms with E-state index in [1.54, 1.807) is 0 Å². The first-order valence-corrected chi connectivity index (χ1v) is 9.61. The lowest BCUT2D eigenvalue weighted by Gasteiger charge is -2.30. The first-order valence-electron chi connectivity index (χ1n) is 9.61. The maximum Gasteiger partial charge on any atom is 0.309 e. The Hall–Kier alpha value is -2.12. The molecule has 1 saturated heterocycles. The number of piperidine rings is 1. The molecule has 0 saturated carbocycles. The molecule has 0 unspecified atom stereocenters. The number of carbonyl (C=O) groups excluding carboxylic acids is 2. The van der Waals surface area contributed by atoms with E-state index in [9.17, 15) is 9.59 Å². The fourth-order valence-electron chi connectivity index (χ4n) is 2.99. The first kappa shape index (κ1) is 21.2. The minimum absolute atomic E-state index is 0.0421. The Bertz CT molecular complexity index is 583. The molecule has 1 amide bonds. The molecule has 1 aliphatic heterocycles. The normalized spacial score (nSPS) is 15.3. The van der Waals surface area contributed by atoms with Gasteiger partial charge in [0.2, 0.25) is 5.91 Å². The minimum Gasteiger partial charge on any atom is -0.491 e. The number of anilines is 1. The van der Waals surface area contributed by atoms with Crippen molar-refractivity contribution >= 4 is 17.6 Å².